The van der Waals surface area contributed by atoms with Crippen LogP contribution in [0, 0.1) is 5.41 Å². The molecular weight excluding hydrogens is 264 g/mol. The van der Waals surface area contributed by atoms with Gasteiger partial charge in [-0.3, -0.25) is 4.79 Å². The number of carboxylic acid groups (broad SMARTS) is 1. The Bertz CT molecular complexity index is 335. The van der Waals surface area contributed by atoms with Gasteiger partial charge in [-0.15, -0.1) is 11.3 Å². The fourth-order valence-electron chi connectivity index (χ4n) is 1.18. The predicted octanol–water partition coefficient (Wildman–Crippen LogP) is 3.55. The zero-order chi connectivity index (χ0) is 10.8. The van der Waals surface area contributed by atoms with E-state index in [1.807, 2.05) is 18.4 Å². The van der Waals surface area contributed by atoms with Crippen molar-refractivity contribution >= 4 is 33.2 Å². The van der Waals surface area contributed by atoms with Crippen LogP contribution in [0.5, 0.6) is 0 Å². The summed E-state index contributed by atoms with van der Waals surface area (Å²) < 4.78 is 1.03. The summed E-state index contributed by atoms with van der Waals surface area (Å²) in [7, 11) is 0. The molecule has 1 aromatic heterocycles. The second kappa shape index (κ2) is 4.45. The summed E-state index contributed by atoms with van der Waals surface area (Å²) in [5.41, 5.74) is -0.635. The topological polar surface area (TPSA) is 37.3 Å². The first-order chi connectivity index (χ1) is 6.48. The van der Waals surface area contributed by atoms with Gasteiger partial charge in [0.05, 0.1) is 5.41 Å². The van der Waals surface area contributed by atoms with Crippen molar-refractivity contribution < 1.29 is 9.90 Å². The van der Waals surface area contributed by atoms with Gasteiger partial charge in [0.1, 0.15) is 0 Å². The quantitative estimate of drug-likeness (QED) is 0.913. The Morgan fingerprint density at radius 3 is 2.71 bits per heavy atom. The van der Waals surface area contributed by atoms with E-state index < -0.39 is 11.4 Å². The minimum absolute atomic E-state index is 0.606. The number of halogens is 1. The van der Waals surface area contributed by atoms with Crippen LogP contribution in [0.25, 0.3) is 0 Å². The molecule has 0 saturated carbocycles. The molecule has 4 heteroatoms. The SMILES string of the molecule is CCC(C)(Cc1cc(Br)cs1)C(=O)O. The molecule has 0 amide bonds. The number of carboxylic acids is 1. The molecule has 0 bridgehead atoms. The molecule has 78 valence electrons. The lowest BCUT2D eigenvalue weighted by molar-refractivity contribution is -0.148. The van der Waals surface area contributed by atoms with Crippen LogP contribution >= 0.6 is 27.3 Å². The molecule has 0 radical (unpaired) electrons. The third-order valence-electron chi connectivity index (χ3n) is 2.48. The van der Waals surface area contributed by atoms with E-state index in [1.54, 1.807) is 18.3 Å². The highest BCUT2D eigenvalue weighted by atomic mass is 79.9. The van der Waals surface area contributed by atoms with Crippen LogP contribution < -0.4 is 0 Å². The average Bonchev–Trinajstić information content (AvgIpc) is 2.50. The Morgan fingerprint density at radius 2 is 2.36 bits per heavy atom. The van der Waals surface area contributed by atoms with E-state index in [0.717, 1.165) is 9.35 Å². The van der Waals surface area contributed by atoms with E-state index in [0.29, 0.717) is 12.8 Å². The van der Waals surface area contributed by atoms with Gasteiger partial charge in [0.15, 0.2) is 0 Å². The normalized spacial score (nSPS) is 15.1. The molecule has 1 atom stereocenters. The Hall–Kier alpha value is -0.350. The number of hydrogen-bond donors (Lipinski definition) is 1. The van der Waals surface area contributed by atoms with E-state index in [9.17, 15) is 4.79 Å². The number of aliphatic carboxylic acids is 1. The third kappa shape index (κ3) is 2.58. The summed E-state index contributed by atoms with van der Waals surface area (Å²) in [6, 6.07) is 1.99. The Labute approximate surface area is 96.1 Å². The standard InChI is InChI=1S/C10H13BrO2S/c1-3-10(2,9(12)13)5-8-4-7(11)6-14-8/h4,6H,3,5H2,1-2H3,(H,12,13). The van der Waals surface area contributed by atoms with Crippen molar-refractivity contribution in [2.24, 2.45) is 5.41 Å². The number of hydrogen-bond acceptors (Lipinski definition) is 2. The maximum atomic E-state index is 11.1. The van der Waals surface area contributed by atoms with Crippen molar-refractivity contribution in [1.82, 2.24) is 0 Å². The van der Waals surface area contributed by atoms with E-state index in [4.69, 9.17) is 5.11 Å². The second-order valence-electron chi connectivity index (χ2n) is 3.63. The van der Waals surface area contributed by atoms with Crippen LogP contribution in [-0.2, 0) is 11.2 Å². The fraction of sp³-hybridized carbons (Fsp3) is 0.500. The molecule has 0 aliphatic carbocycles. The molecule has 14 heavy (non-hydrogen) atoms. The van der Waals surface area contributed by atoms with Crippen LogP contribution in [0.4, 0.5) is 0 Å². The highest BCUT2D eigenvalue weighted by molar-refractivity contribution is 9.10. The zero-order valence-corrected chi connectivity index (χ0v) is 10.6. The monoisotopic (exact) mass is 276 g/mol. The largest absolute Gasteiger partial charge is 0.481 e. The smallest absolute Gasteiger partial charge is 0.309 e. The summed E-state index contributed by atoms with van der Waals surface area (Å²) >= 11 is 4.96. The van der Waals surface area contributed by atoms with Crippen molar-refractivity contribution in [3.8, 4) is 0 Å². The summed E-state index contributed by atoms with van der Waals surface area (Å²) in [5.74, 6) is -0.718. The molecule has 0 spiro atoms. The third-order valence-corrected chi connectivity index (χ3v) is 4.18. The van der Waals surface area contributed by atoms with Crippen molar-refractivity contribution in [3.63, 3.8) is 0 Å². The molecule has 1 heterocycles. The average molecular weight is 277 g/mol. The molecule has 0 saturated heterocycles. The maximum Gasteiger partial charge on any atom is 0.309 e. The van der Waals surface area contributed by atoms with Crippen molar-refractivity contribution in [2.45, 2.75) is 26.7 Å². The number of rotatable bonds is 4. The molecule has 1 aromatic rings. The van der Waals surface area contributed by atoms with Crippen LogP contribution in [0.2, 0.25) is 0 Å². The van der Waals surface area contributed by atoms with Crippen molar-refractivity contribution in [2.75, 3.05) is 0 Å². The lowest BCUT2D eigenvalue weighted by Crippen LogP contribution is -2.28. The van der Waals surface area contributed by atoms with Gasteiger partial charge in [-0.2, -0.15) is 0 Å². The molecule has 0 aliphatic heterocycles. The van der Waals surface area contributed by atoms with Crippen LogP contribution in [0.1, 0.15) is 25.1 Å². The van der Waals surface area contributed by atoms with Crippen LogP contribution in [-0.4, -0.2) is 11.1 Å². The Morgan fingerprint density at radius 1 is 1.71 bits per heavy atom. The molecule has 1 N–H and O–H groups in total. The van der Waals surface area contributed by atoms with E-state index in [2.05, 4.69) is 15.9 Å². The predicted molar refractivity (Wildman–Crippen MR) is 61.8 cm³/mol. The first-order valence-corrected chi connectivity index (χ1v) is 6.11. The summed E-state index contributed by atoms with van der Waals surface area (Å²) in [4.78, 5) is 12.2. The van der Waals surface area contributed by atoms with Crippen molar-refractivity contribution in [3.05, 3.63) is 20.8 Å². The summed E-state index contributed by atoms with van der Waals surface area (Å²) in [6.45, 7) is 3.71. The van der Waals surface area contributed by atoms with Gasteiger partial charge in [-0.05, 0) is 41.8 Å². The molecular formula is C10H13BrO2S. The Balaban J connectivity index is 2.80. The lowest BCUT2D eigenvalue weighted by Gasteiger charge is -2.21. The molecule has 2 nitrogen and oxygen atoms in total. The van der Waals surface area contributed by atoms with Gasteiger partial charge in [0, 0.05) is 14.7 Å². The minimum atomic E-state index is -0.718. The van der Waals surface area contributed by atoms with E-state index in [-0.39, 0.29) is 0 Å². The van der Waals surface area contributed by atoms with E-state index >= 15 is 0 Å². The highest BCUT2D eigenvalue weighted by Gasteiger charge is 2.31. The van der Waals surface area contributed by atoms with Gasteiger partial charge >= 0.3 is 5.97 Å². The van der Waals surface area contributed by atoms with E-state index in [1.165, 1.54) is 0 Å². The first-order valence-electron chi connectivity index (χ1n) is 4.44. The van der Waals surface area contributed by atoms with Gasteiger partial charge in [0.25, 0.3) is 0 Å². The molecule has 0 aromatic carbocycles. The fourth-order valence-corrected chi connectivity index (χ4v) is 2.82. The lowest BCUT2D eigenvalue weighted by atomic mass is 9.84. The van der Waals surface area contributed by atoms with Crippen molar-refractivity contribution in [1.29, 1.82) is 0 Å². The minimum Gasteiger partial charge on any atom is -0.481 e. The highest BCUT2D eigenvalue weighted by Crippen LogP contribution is 2.31. The summed E-state index contributed by atoms with van der Waals surface area (Å²) in [5, 5.41) is 11.1. The van der Waals surface area contributed by atoms with Crippen LogP contribution in [0.3, 0.4) is 0 Å². The number of carbonyl (C=O) groups is 1. The zero-order valence-electron chi connectivity index (χ0n) is 8.21. The van der Waals surface area contributed by atoms with Gasteiger partial charge in [0.2, 0.25) is 0 Å². The van der Waals surface area contributed by atoms with Crippen LogP contribution in [0.15, 0.2) is 15.9 Å². The molecule has 0 aliphatic rings. The first kappa shape index (κ1) is 11.7. The van der Waals surface area contributed by atoms with Gasteiger partial charge < -0.3 is 5.11 Å². The number of thiophene rings is 1. The Kier molecular flexibility index (Phi) is 3.72. The molecule has 1 rings (SSSR count). The molecule has 1 unspecified atom stereocenters. The van der Waals surface area contributed by atoms with Gasteiger partial charge in [-0.1, -0.05) is 6.92 Å². The maximum absolute atomic E-state index is 11.1. The van der Waals surface area contributed by atoms with Gasteiger partial charge in [-0.25, -0.2) is 0 Å². The summed E-state index contributed by atoms with van der Waals surface area (Å²) in [6.07, 6.45) is 1.26. The second-order valence-corrected chi connectivity index (χ2v) is 5.54. The molecule has 0 fully saturated rings.